The molecule has 34 heavy (non-hydrogen) atoms. The summed E-state index contributed by atoms with van der Waals surface area (Å²) >= 11 is 1.63. The van der Waals surface area contributed by atoms with Crippen LogP contribution in [0.1, 0.15) is 29.0 Å². The van der Waals surface area contributed by atoms with Gasteiger partial charge in [-0.3, -0.25) is 19.6 Å². The molecule has 0 radical (unpaired) electrons. The molecule has 1 atom stereocenters. The third-order valence-corrected chi connectivity index (χ3v) is 7.88. The van der Waals surface area contributed by atoms with E-state index in [0.29, 0.717) is 31.0 Å². The zero-order valence-corrected chi connectivity index (χ0v) is 19.7. The van der Waals surface area contributed by atoms with Gasteiger partial charge >= 0.3 is 6.03 Å². The molecule has 2 fully saturated rings. The number of hydrogen-bond donors (Lipinski definition) is 2. The van der Waals surface area contributed by atoms with Crippen LogP contribution in [0.5, 0.6) is 5.75 Å². The summed E-state index contributed by atoms with van der Waals surface area (Å²) in [6, 6.07) is 16.6. The number of rotatable bonds is 7. The third kappa shape index (κ3) is 4.19. The summed E-state index contributed by atoms with van der Waals surface area (Å²) in [7, 11) is 0. The molecule has 3 aromatic rings. The fourth-order valence-electron chi connectivity index (χ4n) is 5.14. The molecule has 0 bridgehead atoms. The highest BCUT2D eigenvalue weighted by atomic mass is 32.1. The number of likely N-dealkylation sites (tertiary alicyclic amines) is 1. The van der Waals surface area contributed by atoms with Crippen LogP contribution in [-0.2, 0) is 23.3 Å². The number of aromatic nitrogens is 1. The first-order valence-corrected chi connectivity index (χ1v) is 12.5. The Morgan fingerprint density at radius 2 is 1.85 bits per heavy atom. The number of thiophene rings is 1. The number of piperidine rings is 1. The normalized spacial score (nSPS) is 21.7. The van der Waals surface area contributed by atoms with Gasteiger partial charge in [0, 0.05) is 29.7 Å². The first kappa shape index (κ1) is 22.6. The Morgan fingerprint density at radius 3 is 2.56 bits per heavy atom. The van der Waals surface area contributed by atoms with E-state index in [1.807, 2.05) is 53.9 Å². The third-order valence-electron chi connectivity index (χ3n) is 6.95. The topological polar surface area (TPSA) is 85.8 Å². The quantitative estimate of drug-likeness (QED) is 0.508. The van der Waals surface area contributed by atoms with E-state index in [4.69, 9.17) is 0 Å². The largest absolute Gasteiger partial charge is 0.508 e. The zero-order valence-electron chi connectivity index (χ0n) is 18.9. The molecule has 4 heterocycles. The van der Waals surface area contributed by atoms with Crippen LogP contribution >= 0.6 is 11.3 Å². The summed E-state index contributed by atoms with van der Waals surface area (Å²) in [5, 5.41) is 15.2. The Hall–Kier alpha value is -3.23. The number of hydrogen-bond acceptors (Lipinski definition) is 6. The maximum Gasteiger partial charge on any atom is 0.325 e. The first-order chi connectivity index (χ1) is 16.6. The van der Waals surface area contributed by atoms with Gasteiger partial charge in [-0.1, -0.05) is 30.3 Å². The molecule has 8 heteroatoms. The van der Waals surface area contributed by atoms with E-state index in [1.54, 1.807) is 23.6 Å². The maximum atomic E-state index is 13.9. The van der Waals surface area contributed by atoms with Crippen molar-refractivity contribution in [2.45, 2.75) is 31.3 Å². The van der Waals surface area contributed by atoms with Gasteiger partial charge in [-0.05, 0) is 67.9 Å². The molecule has 1 aromatic carbocycles. The van der Waals surface area contributed by atoms with Crippen molar-refractivity contribution >= 4 is 23.3 Å². The maximum absolute atomic E-state index is 13.9. The van der Waals surface area contributed by atoms with Crippen LogP contribution in [-0.4, -0.2) is 51.5 Å². The summed E-state index contributed by atoms with van der Waals surface area (Å²) in [5.41, 5.74) is 0.353. The highest BCUT2D eigenvalue weighted by Crippen LogP contribution is 2.41. The molecule has 7 nitrogen and oxygen atoms in total. The minimum absolute atomic E-state index is 0.0637. The second-order valence-corrected chi connectivity index (χ2v) is 9.95. The summed E-state index contributed by atoms with van der Waals surface area (Å²) in [4.78, 5) is 36.2. The van der Waals surface area contributed by atoms with Crippen LogP contribution in [0.3, 0.4) is 0 Å². The van der Waals surface area contributed by atoms with Crippen molar-refractivity contribution in [3.63, 3.8) is 0 Å². The second-order valence-electron chi connectivity index (χ2n) is 8.92. The number of amides is 3. The van der Waals surface area contributed by atoms with E-state index in [0.717, 1.165) is 36.4 Å². The number of benzene rings is 1. The van der Waals surface area contributed by atoms with E-state index in [9.17, 15) is 14.7 Å². The highest BCUT2D eigenvalue weighted by Gasteiger charge is 2.57. The number of urea groups is 1. The van der Waals surface area contributed by atoms with Crippen LogP contribution in [0.25, 0.3) is 0 Å². The van der Waals surface area contributed by atoms with Gasteiger partial charge in [0.05, 0.1) is 5.69 Å². The first-order valence-electron chi connectivity index (χ1n) is 11.6. The minimum atomic E-state index is -1.14. The van der Waals surface area contributed by atoms with Crippen LogP contribution in [0.15, 0.2) is 66.2 Å². The molecule has 2 saturated heterocycles. The molecule has 0 spiro atoms. The minimum Gasteiger partial charge on any atom is -0.508 e. The smallest absolute Gasteiger partial charge is 0.325 e. The van der Waals surface area contributed by atoms with Crippen molar-refractivity contribution < 1.29 is 14.7 Å². The summed E-state index contributed by atoms with van der Waals surface area (Å²) in [6.45, 7) is 2.55. The Balaban J connectivity index is 1.35. The molecule has 2 N–H and O–H groups in total. The number of para-hydroxylation sites is 1. The molecule has 2 aliphatic rings. The number of pyridine rings is 1. The summed E-state index contributed by atoms with van der Waals surface area (Å²) < 4.78 is 0. The fraction of sp³-hybridized carbons (Fsp3) is 0.346. The Labute approximate surface area is 203 Å². The van der Waals surface area contributed by atoms with Gasteiger partial charge in [0.15, 0.2) is 5.54 Å². The Bertz CT molecular complexity index is 1150. The molecule has 2 aromatic heterocycles. The lowest BCUT2D eigenvalue weighted by molar-refractivity contribution is -0.134. The molecule has 0 unspecified atom stereocenters. The van der Waals surface area contributed by atoms with Gasteiger partial charge in [0.25, 0.3) is 5.91 Å². The lowest BCUT2D eigenvalue weighted by Gasteiger charge is -2.40. The SMILES string of the molecule is O=C1N[C@](c2ccccn2)(C2CCN(Cc3ccccc3O)CC2)C(=O)N1CCc1cccs1. The molecular weight excluding hydrogens is 448 g/mol. The van der Waals surface area contributed by atoms with Crippen molar-refractivity contribution in [3.05, 3.63) is 82.3 Å². The standard InChI is InChI=1S/C26H28N4O3S/c31-22-8-2-1-6-19(22)18-29-14-10-20(11-15-29)26(23-9-3-4-13-27-23)24(32)30(25(33)28-26)16-12-21-7-5-17-34-21/h1-9,13,17,20,31H,10-12,14-16,18H2,(H,28,33)/t26-/m0/s1. The van der Waals surface area contributed by atoms with Crippen molar-refractivity contribution in [1.29, 1.82) is 0 Å². The number of nitrogens with one attached hydrogen (secondary N) is 1. The molecular formula is C26H28N4O3S. The Morgan fingerprint density at radius 1 is 1.06 bits per heavy atom. The molecule has 0 aliphatic carbocycles. The lowest BCUT2D eigenvalue weighted by atomic mass is 9.75. The molecule has 176 valence electrons. The number of aromatic hydroxyl groups is 1. The fourth-order valence-corrected chi connectivity index (χ4v) is 5.84. The van der Waals surface area contributed by atoms with E-state index in [2.05, 4.69) is 15.2 Å². The monoisotopic (exact) mass is 476 g/mol. The van der Waals surface area contributed by atoms with Crippen molar-refractivity contribution in [2.75, 3.05) is 19.6 Å². The van der Waals surface area contributed by atoms with Crippen molar-refractivity contribution in [3.8, 4) is 5.75 Å². The Kier molecular flexibility index (Phi) is 6.34. The number of imide groups is 1. The van der Waals surface area contributed by atoms with E-state index < -0.39 is 5.54 Å². The summed E-state index contributed by atoms with van der Waals surface area (Å²) in [5.74, 6) is 0.0345. The predicted octanol–water partition coefficient (Wildman–Crippen LogP) is 3.75. The zero-order chi connectivity index (χ0) is 23.5. The molecule has 3 amide bonds. The molecule has 5 rings (SSSR count). The summed E-state index contributed by atoms with van der Waals surface area (Å²) in [6.07, 6.45) is 3.82. The van der Waals surface area contributed by atoms with Gasteiger partial charge in [-0.2, -0.15) is 0 Å². The van der Waals surface area contributed by atoms with Crippen LogP contribution in [0.2, 0.25) is 0 Å². The predicted molar refractivity (Wildman–Crippen MR) is 130 cm³/mol. The second kappa shape index (κ2) is 9.56. The van der Waals surface area contributed by atoms with Gasteiger partial charge in [0.2, 0.25) is 0 Å². The number of carbonyl (C=O) groups excluding carboxylic acids is 2. The number of nitrogens with zero attached hydrogens (tertiary/aromatic N) is 3. The van der Waals surface area contributed by atoms with Gasteiger partial charge in [-0.15, -0.1) is 11.3 Å². The van der Waals surface area contributed by atoms with E-state index in [1.165, 1.54) is 4.90 Å². The van der Waals surface area contributed by atoms with Crippen molar-refractivity contribution in [2.24, 2.45) is 5.92 Å². The van der Waals surface area contributed by atoms with Gasteiger partial charge in [0.1, 0.15) is 5.75 Å². The van der Waals surface area contributed by atoms with Gasteiger partial charge < -0.3 is 10.4 Å². The van der Waals surface area contributed by atoms with Crippen LogP contribution in [0, 0.1) is 5.92 Å². The van der Waals surface area contributed by atoms with Crippen molar-refractivity contribution in [1.82, 2.24) is 20.1 Å². The number of phenols is 1. The van der Waals surface area contributed by atoms with E-state index in [-0.39, 0.29) is 17.9 Å². The van der Waals surface area contributed by atoms with Gasteiger partial charge in [-0.25, -0.2) is 4.79 Å². The highest BCUT2D eigenvalue weighted by molar-refractivity contribution is 7.09. The average molecular weight is 477 g/mol. The molecule has 0 saturated carbocycles. The average Bonchev–Trinajstić information content (AvgIpc) is 3.47. The van der Waals surface area contributed by atoms with E-state index >= 15 is 0 Å². The van der Waals surface area contributed by atoms with Crippen LogP contribution in [0.4, 0.5) is 4.79 Å². The lowest BCUT2D eigenvalue weighted by Crippen LogP contribution is -2.54. The molecule has 2 aliphatic heterocycles. The van der Waals surface area contributed by atoms with Crippen LogP contribution < -0.4 is 5.32 Å². The number of carbonyl (C=O) groups is 2. The number of phenolic OH excluding ortho intramolecular Hbond substituents is 1.